The van der Waals surface area contributed by atoms with Crippen LogP contribution in [0.15, 0.2) is 121 Å². The molecular weight excluding hydrogens is 543 g/mol. The van der Waals surface area contributed by atoms with E-state index in [1.165, 1.54) is 86.4 Å². The summed E-state index contributed by atoms with van der Waals surface area (Å²) in [5, 5.41) is 14.0. The Morgan fingerprint density at radius 2 is 1.44 bits per heavy atom. The Kier molecular flexibility index (Phi) is 13.6. The lowest BCUT2D eigenvalue weighted by molar-refractivity contribution is 0.178. The number of hydrogen-bond donors (Lipinski definition) is 3. The van der Waals surface area contributed by atoms with Crippen molar-refractivity contribution in [3.63, 3.8) is 0 Å². The molecule has 0 saturated carbocycles. The van der Waals surface area contributed by atoms with Gasteiger partial charge in [0.25, 0.3) is 0 Å². The van der Waals surface area contributed by atoms with Gasteiger partial charge < -0.3 is 16.2 Å². The molecule has 4 rings (SSSR count). The van der Waals surface area contributed by atoms with Crippen LogP contribution in [0, 0.1) is 0 Å². The summed E-state index contributed by atoms with van der Waals surface area (Å²) in [6.07, 6.45) is 23.7. The van der Waals surface area contributed by atoms with E-state index in [1.807, 2.05) is 24.3 Å². The number of aliphatic hydroxyl groups excluding tert-OH is 1. The molecule has 0 saturated heterocycles. The number of nitrogen functional groups attached to an aromatic ring is 1. The summed E-state index contributed by atoms with van der Waals surface area (Å²) >= 11 is 0. The second-order valence-electron chi connectivity index (χ2n) is 12.2. The van der Waals surface area contributed by atoms with Gasteiger partial charge in [-0.3, -0.25) is 0 Å². The Bertz CT molecular complexity index is 1260. The molecule has 3 aromatic rings. The van der Waals surface area contributed by atoms with Gasteiger partial charge in [0.2, 0.25) is 0 Å². The van der Waals surface area contributed by atoms with Crippen LogP contribution in [0.4, 0.5) is 5.69 Å². The lowest BCUT2D eigenvalue weighted by Gasteiger charge is -2.29. The topological polar surface area (TPSA) is 58.3 Å². The van der Waals surface area contributed by atoms with E-state index in [0.717, 1.165) is 17.7 Å². The maximum atomic E-state index is 10.5. The number of nitrogens with two attached hydrogens (primary N) is 1. The zero-order valence-corrected chi connectivity index (χ0v) is 27.0. The van der Waals surface area contributed by atoms with Crippen molar-refractivity contribution >= 4 is 12.9 Å². The van der Waals surface area contributed by atoms with Gasteiger partial charge in [-0.1, -0.05) is 110 Å². The summed E-state index contributed by atoms with van der Waals surface area (Å²) in [6.45, 7) is 2.60. The summed E-state index contributed by atoms with van der Waals surface area (Å²) in [4.78, 5) is 0. The van der Waals surface area contributed by atoms with Crippen molar-refractivity contribution in [3.8, 4) is 0 Å². The molecule has 0 heterocycles. The molecule has 3 nitrogen and oxygen atoms in total. The van der Waals surface area contributed by atoms with Crippen LogP contribution in [0.5, 0.6) is 0 Å². The highest BCUT2D eigenvalue weighted by Crippen LogP contribution is 2.65. The molecule has 0 amide bonds. The Balaban J connectivity index is 1.28. The van der Waals surface area contributed by atoms with Gasteiger partial charge in [0.15, 0.2) is 0 Å². The van der Waals surface area contributed by atoms with Crippen molar-refractivity contribution in [1.82, 2.24) is 5.32 Å². The average molecular weight is 596 g/mol. The predicted molar refractivity (Wildman–Crippen MR) is 189 cm³/mol. The van der Waals surface area contributed by atoms with E-state index in [1.54, 1.807) is 5.57 Å². The molecule has 0 aliphatic heterocycles. The number of benzene rings is 3. The highest BCUT2D eigenvalue weighted by molar-refractivity contribution is 7.74. The van der Waals surface area contributed by atoms with E-state index in [4.69, 9.17) is 5.73 Å². The maximum absolute atomic E-state index is 10.5. The molecule has 4 heteroatoms. The standard InChI is InChI=1S/C39H52N2OP/c1-2-38(41-29-39(42)36-24-26-37(40)27-25-36)23-15-4-3-5-16-28-43(30-33-17-9-6-10-18-33,31-34-19-11-7-12-20-34)32-35-21-13-8-14-22-35/h2,6-7,9-13,17-22,24-27,39,41-42H,3-5,8,14-16,23,28-32,40H2,1H3/q+1/b38-2-. The Morgan fingerprint density at radius 3 is 2.05 bits per heavy atom. The Labute approximate surface area is 261 Å². The first-order valence-corrected chi connectivity index (χ1v) is 18.8. The van der Waals surface area contributed by atoms with E-state index in [2.05, 4.69) is 97.2 Å². The summed E-state index contributed by atoms with van der Waals surface area (Å²) in [5.74, 6) is 0. The van der Waals surface area contributed by atoms with Gasteiger partial charge in [0.05, 0.1) is 30.8 Å². The van der Waals surface area contributed by atoms with Crippen molar-refractivity contribution < 1.29 is 5.11 Å². The van der Waals surface area contributed by atoms with Crippen molar-refractivity contribution in [2.75, 3.05) is 24.6 Å². The second kappa shape index (κ2) is 17.9. The molecule has 1 atom stereocenters. The fourth-order valence-electron chi connectivity index (χ4n) is 6.21. The number of hydrogen-bond acceptors (Lipinski definition) is 3. The third kappa shape index (κ3) is 11.5. The summed E-state index contributed by atoms with van der Waals surface area (Å²) in [5.41, 5.74) is 13.2. The highest BCUT2D eigenvalue weighted by Gasteiger charge is 2.38. The average Bonchev–Trinajstić information content (AvgIpc) is 3.03. The van der Waals surface area contributed by atoms with Gasteiger partial charge in [0.1, 0.15) is 0 Å². The van der Waals surface area contributed by atoms with Gasteiger partial charge in [-0.2, -0.15) is 0 Å². The van der Waals surface area contributed by atoms with Crippen LogP contribution in [0.1, 0.15) is 81.1 Å². The summed E-state index contributed by atoms with van der Waals surface area (Å²) in [7, 11) is -1.30. The van der Waals surface area contributed by atoms with E-state index < -0.39 is 13.4 Å². The summed E-state index contributed by atoms with van der Waals surface area (Å²) in [6, 6.07) is 30.0. The molecule has 0 fully saturated rings. The van der Waals surface area contributed by atoms with Crippen LogP contribution in [0.3, 0.4) is 0 Å². The first kappa shape index (κ1) is 32.8. The van der Waals surface area contributed by atoms with Crippen LogP contribution in [0.2, 0.25) is 0 Å². The third-order valence-electron chi connectivity index (χ3n) is 8.58. The highest BCUT2D eigenvalue weighted by atomic mass is 31.2. The molecule has 0 aromatic heterocycles. The molecule has 1 aliphatic carbocycles. The first-order chi connectivity index (χ1) is 21.0. The molecule has 0 bridgehead atoms. The molecule has 228 valence electrons. The maximum Gasteiger partial charge on any atom is 0.0962 e. The molecule has 0 spiro atoms. The van der Waals surface area contributed by atoms with Gasteiger partial charge in [-0.25, -0.2) is 0 Å². The quantitative estimate of drug-likeness (QED) is 0.0779. The monoisotopic (exact) mass is 595 g/mol. The second-order valence-corrected chi connectivity index (χ2v) is 16.2. The van der Waals surface area contributed by atoms with E-state index in [9.17, 15) is 5.11 Å². The van der Waals surface area contributed by atoms with Gasteiger partial charge >= 0.3 is 0 Å². The normalized spacial score (nSPS) is 14.4. The molecule has 43 heavy (non-hydrogen) atoms. The number of rotatable bonds is 18. The smallest absolute Gasteiger partial charge is 0.0962 e. The van der Waals surface area contributed by atoms with Crippen LogP contribution < -0.4 is 11.1 Å². The van der Waals surface area contributed by atoms with E-state index in [-0.39, 0.29) is 0 Å². The predicted octanol–water partition coefficient (Wildman–Crippen LogP) is 9.83. The Morgan fingerprint density at radius 1 is 0.814 bits per heavy atom. The minimum Gasteiger partial charge on any atom is -0.399 e. The number of aliphatic hydroxyl groups is 1. The first-order valence-electron chi connectivity index (χ1n) is 16.3. The zero-order valence-electron chi connectivity index (χ0n) is 26.1. The van der Waals surface area contributed by atoms with Crippen molar-refractivity contribution in [3.05, 3.63) is 137 Å². The van der Waals surface area contributed by atoms with E-state index >= 15 is 0 Å². The number of nitrogens with one attached hydrogen (secondary N) is 1. The summed E-state index contributed by atoms with van der Waals surface area (Å²) < 4.78 is 0. The zero-order chi connectivity index (χ0) is 30.2. The van der Waals surface area contributed by atoms with Crippen LogP contribution >= 0.6 is 7.26 Å². The van der Waals surface area contributed by atoms with Gasteiger partial charge in [-0.15, -0.1) is 0 Å². The molecule has 0 radical (unpaired) electrons. The van der Waals surface area contributed by atoms with Crippen molar-refractivity contribution in [1.29, 1.82) is 0 Å². The number of anilines is 1. The largest absolute Gasteiger partial charge is 0.399 e. The molecule has 4 N–H and O–H groups in total. The molecule has 1 aliphatic rings. The molecule has 1 unspecified atom stereocenters. The Hall–Kier alpha value is -3.13. The van der Waals surface area contributed by atoms with Crippen LogP contribution in [-0.2, 0) is 12.3 Å². The fourth-order valence-corrected chi connectivity index (χ4v) is 10.9. The van der Waals surface area contributed by atoms with Crippen molar-refractivity contribution in [2.24, 2.45) is 0 Å². The minimum atomic E-state index is -1.30. The van der Waals surface area contributed by atoms with E-state index in [0.29, 0.717) is 6.54 Å². The lowest BCUT2D eigenvalue weighted by atomic mass is 10.1. The van der Waals surface area contributed by atoms with Gasteiger partial charge in [0, 0.05) is 25.2 Å². The van der Waals surface area contributed by atoms with Crippen molar-refractivity contribution in [2.45, 2.75) is 76.7 Å². The number of allylic oxidation sites excluding steroid dienone is 6. The minimum absolute atomic E-state index is 0.518. The molecular formula is C39H52N2OP+. The van der Waals surface area contributed by atoms with Crippen LogP contribution in [0.25, 0.3) is 0 Å². The fraction of sp³-hybridized carbons (Fsp3) is 0.385. The SMILES string of the molecule is C/C=C(/CCCCCCC[P+](CC1=CCCC=C1)(Cc1ccccc1)Cc1ccccc1)NCC(O)c1ccc(N)cc1. The van der Waals surface area contributed by atoms with Crippen LogP contribution in [-0.4, -0.2) is 24.0 Å². The number of unbranched alkanes of at least 4 members (excludes halogenated alkanes) is 4. The van der Waals surface area contributed by atoms with Gasteiger partial charge in [-0.05, 0) is 79.8 Å². The third-order valence-corrected chi connectivity index (χ3v) is 13.0. The molecule has 3 aromatic carbocycles. The lowest BCUT2D eigenvalue weighted by Crippen LogP contribution is -2.21.